The van der Waals surface area contributed by atoms with Gasteiger partial charge in [-0.15, -0.1) is 0 Å². The first-order chi connectivity index (χ1) is 8.43. The summed E-state index contributed by atoms with van der Waals surface area (Å²) in [5, 5.41) is 4.90. The lowest BCUT2D eigenvalue weighted by molar-refractivity contribution is -0.136. The van der Waals surface area contributed by atoms with Crippen LogP contribution in [0.1, 0.15) is 26.2 Å². The first-order valence-corrected chi connectivity index (χ1v) is 6.10. The largest absolute Gasteiger partial charge is 0.342 e. The molecule has 2 saturated heterocycles. The Balaban J connectivity index is 1.94. The van der Waals surface area contributed by atoms with Crippen LogP contribution in [0.2, 0.25) is 0 Å². The van der Waals surface area contributed by atoms with Crippen LogP contribution in [-0.4, -0.2) is 47.4 Å². The van der Waals surface area contributed by atoms with Crippen molar-refractivity contribution in [2.45, 2.75) is 37.8 Å². The molecule has 1 spiro atoms. The molecule has 0 aromatic carbocycles. The van der Waals surface area contributed by atoms with Crippen LogP contribution in [0.25, 0.3) is 0 Å². The number of nitrogens with two attached hydrogens (primary N) is 1. The van der Waals surface area contributed by atoms with Crippen molar-refractivity contribution in [1.82, 2.24) is 15.5 Å². The highest BCUT2D eigenvalue weighted by Gasteiger charge is 2.48. The maximum absolute atomic E-state index is 11.8. The van der Waals surface area contributed by atoms with E-state index >= 15 is 0 Å². The molecular formula is C11H18N4O3. The van der Waals surface area contributed by atoms with Gasteiger partial charge in [0.2, 0.25) is 5.91 Å². The van der Waals surface area contributed by atoms with E-state index in [-0.39, 0.29) is 17.9 Å². The number of rotatable bonds is 2. The highest BCUT2D eigenvalue weighted by molar-refractivity contribution is 6.07. The summed E-state index contributed by atoms with van der Waals surface area (Å²) >= 11 is 0. The number of hydrogen-bond acceptors (Lipinski definition) is 4. The van der Waals surface area contributed by atoms with Gasteiger partial charge in [0.1, 0.15) is 5.54 Å². The highest BCUT2D eigenvalue weighted by atomic mass is 16.2. The Labute approximate surface area is 105 Å². The second-order valence-electron chi connectivity index (χ2n) is 5.05. The number of urea groups is 1. The number of hydrogen-bond donors (Lipinski definition) is 3. The van der Waals surface area contributed by atoms with Crippen molar-refractivity contribution >= 4 is 17.8 Å². The Morgan fingerprint density at radius 1 is 1.44 bits per heavy atom. The summed E-state index contributed by atoms with van der Waals surface area (Å²) in [7, 11) is 0. The quantitative estimate of drug-likeness (QED) is 0.545. The third kappa shape index (κ3) is 2.31. The van der Waals surface area contributed by atoms with Gasteiger partial charge in [-0.1, -0.05) is 0 Å². The van der Waals surface area contributed by atoms with E-state index < -0.39 is 11.6 Å². The molecule has 0 radical (unpaired) electrons. The lowest BCUT2D eigenvalue weighted by atomic mass is 9.87. The average Bonchev–Trinajstić information content (AvgIpc) is 2.53. The minimum Gasteiger partial charge on any atom is -0.342 e. The van der Waals surface area contributed by atoms with Crippen LogP contribution in [0.4, 0.5) is 4.79 Å². The van der Waals surface area contributed by atoms with Crippen LogP contribution in [-0.2, 0) is 9.59 Å². The van der Waals surface area contributed by atoms with Gasteiger partial charge >= 0.3 is 6.03 Å². The fraction of sp³-hybridized carbons (Fsp3) is 0.727. The van der Waals surface area contributed by atoms with Crippen molar-refractivity contribution in [3.05, 3.63) is 0 Å². The minimum atomic E-state index is -0.817. The van der Waals surface area contributed by atoms with Crippen LogP contribution < -0.4 is 16.4 Å². The molecule has 4 amide bonds. The average molecular weight is 254 g/mol. The smallest absolute Gasteiger partial charge is 0.322 e. The van der Waals surface area contributed by atoms with E-state index in [1.807, 2.05) is 0 Å². The summed E-state index contributed by atoms with van der Waals surface area (Å²) in [6, 6.07) is -0.613. The van der Waals surface area contributed by atoms with Crippen LogP contribution in [0, 0.1) is 0 Å². The molecular weight excluding hydrogens is 236 g/mol. The first kappa shape index (κ1) is 12.8. The van der Waals surface area contributed by atoms with Gasteiger partial charge in [-0.3, -0.25) is 14.9 Å². The van der Waals surface area contributed by atoms with Crippen molar-refractivity contribution in [3.63, 3.8) is 0 Å². The van der Waals surface area contributed by atoms with Gasteiger partial charge in [0.05, 0.1) is 0 Å². The van der Waals surface area contributed by atoms with Gasteiger partial charge in [0.15, 0.2) is 0 Å². The van der Waals surface area contributed by atoms with Crippen LogP contribution in [0.3, 0.4) is 0 Å². The predicted molar refractivity (Wildman–Crippen MR) is 63.5 cm³/mol. The third-order valence-electron chi connectivity index (χ3n) is 3.48. The van der Waals surface area contributed by atoms with Gasteiger partial charge in [0.25, 0.3) is 5.91 Å². The standard InChI is InChI=1S/C11H18N4O3/c1-7(12)6-8(16)15-4-2-11(3-5-15)9(17)13-10(18)14-11/h7H,2-6,12H2,1H3,(H2,13,14,17,18). The number of amides is 4. The summed E-state index contributed by atoms with van der Waals surface area (Å²) in [6.45, 7) is 2.73. The molecule has 100 valence electrons. The number of likely N-dealkylation sites (tertiary alicyclic amines) is 1. The zero-order valence-electron chi connectivity index (χ0n) is 10.4. The molecule has 18 heavy (non-hydrogen) atoms. The van der Waals surface area contributed by atoms with Crippen LogP contribution in [0.5, 0.6) is 0 Å². The van der Waals surface area contributed by atoms with Gasteiger partial charge in [-0.2, -0.15) is 0 Å². The van der Waals surface area contributed by atoms with E-state index in [0.29, 0.717) is 32.4 Å². The van der Waals surface area contributed by atoms with E-state index in [9.17, 15) is 14.4 Å². The Bertz CT molecular complexity index is 386. The Hall–Kier alpha value is -1.63. The monoisotopic (exact) mass is 254 g/mol. The first-order valence-electron chi connectivity index (χ1n) is 6.10. The van der Waals surface area contributed by atoms with Crippen molar-refractivity contribution in [2.75, 3.05) is 13.1 Å². The van der Waals surface area contributed by atoms with E-state index in [1.165, 1.54) is 0 Å². The van der Waals surface area contributed by atoms with Gasteiger partial charge in [0, 0.05) is 25.6 Å². The number of nitrogens with one attached hydrogen (secondary N) is 2. The zero-order chi connectivity index (χ0) is 13.3. The van der Waals surface area contributed by atoms with E-state index in [4.69, 9.17) is 5.73 Å². The maximum atomic E-state index is 11.8. The fourth-order valence-corrected chi connectivity index (χ4v) is 2.42. The van der Waals surface area contributed by atoms with Crippen molar-refractivity contribution in [2.24, 2.45) is 5.73 Å². The summed E-state index contributed by atoms with van der Waals surface area (Å²) in [5.41, 5.74) is 4.77. The molecule has 2 aliphatic heterocycles. The SMILES string of the molecule is CC(N)CC(=O)N1CCC2(CC1)NC(=O)NC2=O. The van der Waals surface area contributed by atoms with E-state index in [2.05, 4.69) is 10.6 Å². The number of imide groups is 1. The van der Waals surface area contributed by atoms with Crippen LogP contribution in [0.15, 0.2) is 0 Å². The van der Waals surface area contributed by atoms with Gasteiger partial charge < -0.3 is 16.0 Å². The molecule has 0 bridgehead atoms. The lowest BCUT2D eigenvalue weighted by Crippen LogP contribution is -2.56. The summed E-state index contributed by atoms with van der Waals surface area (Å²) in [4.78, 5) is 36.4. The maximum Gasteiger partial charge on any atom is 0.322 e. The Kier molecular flexibility index (Phi) is 3.25. The molecule has 2 aliphatic rings. The zero-order valence-corrected chi connectivity index (χ0v) is 10.4. The molecule has 2 fully saturated rings. The molecule has 0 aromatic rings. The Morgan fingerprint density at radius 2 is 2.06 bits per heavy atom. The normalized spacial score (nSPS) is 23.8. The molecule has 1 unspecified atom stereocenters. The molecule has 0 aliphatic carbocycles. The Morgan fingerprint density at radius 3 is 2.50 bits per heavy atom. The van der Waals surface area contributed by atoms with E-state index in [0.717, 1.165) is 0 Å². The lowest BCUT2D eigenvalue weighted by Gasteiger charge is -2.37. The molecule has 4 N–H and O–H groups in total. The summed E-state index contributed by atoms with van der Waals surface area (Å²) < 4.78 is 0. The topological polar surface area (TPSA) is 105 Å². The molecule has 1 atom stereocenters. The molecule has 7 nitrogen and oxygen atoms in total. The highest BCUT2D eigenvalue weighted by Crippen LogP contribution is 2.25. The van der Waals surface area contributed by atoms with E-state index in [1.54, 1.807) is 11.8 Å². The minimum absolute atomic E-state index is 0.00424. The molecule has 0 aromatic heterocycles. The molecule has 7 heteroatoms. The third-order valence-corrected chi connectivity index (χ3v) is 3.48. The second kappa shape index (κ2) is 4.56. The van der Waals surface area contributed by atoms with Crippen molar-refractivity contribution < 1.29 is 14.4 Å². The fourth-order valence-electron chi connectivity index (χ4n) is 2.42. The van der Waals surface area contributed by atoms with Gasteiger partial charge in [-0.25, -0.2) is 4.79 Å². The summed E-state index contributed by atoms with van der Waals surface area (Å²) in [5.74, 6) is -0.281. The molecule has 0 saturated carbocycles. The molecule has 2 rings (SSSR count). The predicted octanol–water partition coefficient (Wildman–Crippen LogP) is -1.08. The van der Waals surface area contributed by atoms with Crippen molar-refractivity contribution in [3.8, 4) is 0 Å². The number of piperidine rings is 1. The second-order valence-corrected chi connectivity index (χ2v) is 5.05. The van der Waals surface area contributed by atoms with Crippen LogP contribution >= 0.6 is 0 Å². The number of nitrogens with zero attached hydrogens (tertiary/aromatic N) is 1. The van der Waals surface area contributed by atoms with Gasteiger partial charge in [-0.05, 0) is 19.8 Å². The number of carbonyl (C=O) groups is 3. The van der Waals surface area contributed by atoms with Crippen molar-refractivity contribution in [1.29, 1.82) is 0 Å². The summed E-state index contributed by atoms with van der Waals surface area (Å²) in [6.07, 6.45) is 1.22. The number of carbonyl (C=O) groups excluding carboxylic acids is 3. The molecule has 2 heterocycles.